The van der Waals surface area contributed by atoms with Gasteiger partial charge in [0.25, 0.3) is 0 Å². The predicted molar refractivity (Wildman–Crippen MR) is 56.9 cm³/mol. The van der Waals surface area contributed by atoms with E-state index < -0.39 is 12.2 Å². The lowest BCUT2D eigenvalue weighted by atomic mass is 10.2. The average molecular weight is 346 g/mol. The van der Waals surface area contributed by atoms with Crippen LogP contribution in [0.3, 0.4) is 0 Å². The smallest absolute Gasteiger partial charge is 0.388 e. The quantitative estimate of drug-likeness (QED) is 0.670. The lowest BCUT2D eigenvalue weighted by molar-refractivity contribution is -0.276. The van der Waals surface area contributed by atoms with E-state index in [0.717, 1.165) is 0 Å². The van der Waals surface area contributed by atoms with Gasteiger partial charge in [0.1, 0.15) is 5.69 Å². The van der Waals surface area contributed by atoms with E-state index in [1.807, 2.05) is 0 Å². The first-order chi connectivity index (χ1) is 7.37. The molecule has 0 unspecified atom stereocenters. The summed E-state index contributed by atoms with van der Waals surface area (Å²) in [6, 6.07) is 1.33. The number of pyridine rings is 1. The van der Waals surface area contributed by atoms with Gasteiger partial charge in [0, 0.05) is 15.7 Å². The molecule has 0 saturated heterocycles. The highest BCUT2D eigenvalue weighted by molar-refractivity contribution is 14.1. The van der Waals surface area contributed by atoms with Crippen molar-refractivity contribution in [3.05, 3.63) is 20.9 Å². The van der Waals surface area contributed by atoms with Crippen LogP contribution in [-0.2, 0) is 6.54 Å². The van der Waals surface area contributed by atoms with Gasteiger partial charge < -0.3 is 10.5 Å². The minimum atomic E-state index is -4.86. The van der Waals surface area contributed by atoms with Gasteiger partial charge >= 0.3 is 6.36 Å². The van der Waals surface area contributed by atoms with E-state index in [4.69, 9.17) is 5.73 Å². The standard InChI is InChI=1S/C8H6F3IN2O2/c9-8(10,11)16-7-4(2-13)1-5(12)6(3-15)14-7/h1,3H,2,13H2. The SMILES string of the molecule is NCc1cc(I)c(C=O)nc1OC(F)(F)F. The Balaban J connectivity index is 3.20. The van der Waals surface area contributed by atoms with Crippen LogP contribution >= 0.6 is 22.6 Å². The number of carbonyl (C=O) groups excluding carboxylic acids is 1. The lowest BCUT2D eigenvalue weighted by Gasteiger charge is -2.12. The lowest BCUT2D eigenvalue weighted by Crippen LogP contribution is -2.20. The van der Waals surface area contributed by atoms with E-state index in [0.29, 0.717) is 9.86 Å². The van der Waals surface area contributed by atoms with Crippen LogP contribution in [0.15, 0.2) is 6.07 Å². The Kier molecular flexibility index (Phi) is 4.08. The Labute approximate surface area is 102 Å². The fourth-order valence-electron chi connectivity index (χ4n) is 0.950. The van der Waals surface area contributed by atoms with Gasteiger partial charge in [-0.05, 0) is 28.7 Å². The molecule has 1 aromatic heterocycles. The van der Waals surface area contributed by atoms with Crippen LogP contribution in [-0.4, -0.2) is 17.6 Å². The molecule has 2 N–H and O–H groups in total. The third kappa shape index (κ3) is 3.30. The number of alkyl halides is 3. The molecular weight excluding hydrogens is 340 g/mol. The molecule has 4 nitrogen and oxygen atoms in total. The van der Waals surface area contributed by atoms with Crippen LogP contribution in [0.5, 0.6) is 5.88 Å². The largest absolute Gasteiger partial charge is 0.574 e. The minimum Gasteiger partial charge on any atom is -0.388 e. The number of carbonyl (C=O) groups is 1. The molecule has 1 aromatic rings. The van der Waals surface area contributed by atoms with Gasteiger partial charge in [0.2, 0.25) is 5.88 Å². The first-order valence-electron chi connectivity index (χ1n) is 3.97. The van der Waals surface area contributed by atoms with E-state index in [-0.39, 0.29) is 17.8 Å². The number of aromatic nitrogens is 1. The van der Waals surface area contributed by atoms with Gasteiger partial charge in [-0.1, -0.05) is 0 Å². The minimum absolute atomic E-state index is 0.0901. The second-order valence-corrected chi connectivity index (χ2v) is 3.85. The van der Waals surface area contributed by atoms with E-state index in [1.165, 1.54) is 6.07 Å². The molecule has 88 valence electrons. The van der Waals surface area contributed by atoms with E-state index in [9.17, 15) is 18.0 Å². The third-order valence-corrected chi connectivity index (χ3v) is 2.45. The Morgan fingerprint density at radius 3 is 2.62 bits per heavy atom. The van der Waals surface area contributed by atoms with Crippen molar-refractivity contribution < 1.29 is 22.7 Å². The van der Waals surface area contributed by atoms with Crippen molar-refractivity contribution in [3.8, 4) is 5.88 Å². The van der Waals surface area contributed by atoms with Crippen LogP contribution in [0.2, 0.25) is 0 Å². The predicted octanol–water partition coefficient (Wildman–Crippen LogP) is 1.86. The van der Waals surface area contributed by atoms with Crippen LogP contribution < -0.4 is 10.5 Å². The molecule has 8 heteroatoms. The summed E-state index contributed by atoms with van der Waals surface area (Å²) in [4.78, 5) is 14.0. The molecule has 16 heavy (non-hydrogen) atoms. The Bertz CT molecular complexity index is 409. The number of aldehydes is 1. The Hall–Kier alpha value is -0.900. The fourth-order valence-corrected chi connectivity index (χ4v) is 1.57. The highest BCUT2D eigenvalue weighted by atomic mass is 127. The highest BCUT2D eigenvalue weighted by Crippen LogP contribution is 2.26. The molecule has 0 saturated carbocycles. The van der Waals surface area contributed by atoms with E-state index >= 15 is 0 Å². The average Bonchev–Trinajstić information content (AvgIpc) is 2.18. The van der Waals surface area contributed by atoms with E-state index in [2.05, 4.69) is 9.72 Å². The van der Waals surface area contributed by atoms with Crippen molar-refractivity contribution in [1.82, 2.24) is 4.98 Å². The number of hydrogen-bond donors (Lipinski definition) is 1. The monoisotopic (exact) mass is 346 g/mol. The molecule has 1 rings (SSSR count). The van der Waals surface area contributed by atoms with Crippen LogP contribution in [0.1, 0.15) is 16.1 Å². The molecule has 0 atom stereocenters. The summed E-state index contributed by atoms with van der Waals surface area (Å²) in [6.45, 7) is -0.159. The zero-order valence-corrected chi connectivity index (χ0v) is 9.87. The summed E-state index contributed by atoms with van der Waals surface area (Å²) in [5.41, 5.74) is 5.23. The summed E-state index contributed by atoms with van der Waals surface area (Å²) in [5, 5.41) is 0. The molecular formula is C8H6F3IN2O2. The van der Waals surface area contributed by atoms with Gasteiger partial charge in [-0.2, -0.15) is 0 Å². The summed E-state index contributed by atoms with van der Waals surface area (Å²) < 4.78 is 40.1. The van der Waals surface area contributed by atoms with Crippen LogP contribution in [0, 0.1) is 3.57 Å². The van der Waals surface area contributed by atoms with Gasteiger partial charge in [0.05, 0.1) is 0 Å². The van der Waals surface area contributed by atoms with Crippen molar-refractivity contribution in [2.75, 3.05) is 0 Å². The van der Waals surface area contributed by atoms with Crippen LogP contribution in [0.4, 0.5) is 13.2 Å². The van der Waals surface area contributed by atoms with Gasteiger partial charge in [-0.15, -0.1) is 13.2 Å². The first kappa shape index (κ1) is 13.2. The fraction of sp³-hybridized carbons (Fsp3) is 0.250. The molecule has 0 spiro atoms. The number of nitrogens with two attached hydrogens (primary N) is 1. The zero-order valence-electron chi connectivity index (χ0n) is 7.71. The molecule has 0 aromatic carbocycles. The molecule has 1 heterocycles. The van der Waals surface area contributed by atoms with Gasteiger partial charge in [-0.25, -0.2) is 4.98 Å². The maximum atomic E-state index is 12.0. The summed E-state index contributed by atoms with van der Waals surface area (Å²) in [6.07, 6.45) is -4.50. The highest BCUT2D eigenvalue weighted by Gasteiger charge is 2.33. The van der Waals surface area contributed by atoms with Crippen molar-refractivity contribution >= 4 is 28.9 Å². The van der Waals surface area contributed by atoms with Gasteiger partial charge in [-0.3, -0.25) is 4.79 Å². The van der Waals surface area contributed by atoms with Gasteiger partial charge in [0.15, 0.2) is 6.29 Å². The first-order valence-corrected chi connectivity index (χ1v) is 5.05. The third-order valence-electron chi connectivity index (χ3n) is 1.59. The Morgan fingerprint density at radius 1 is 1.56 bits per heavy atom. The van der Waals surface area contributed by atoms with E-state index in [1.54, 1.807) is 22.6 Å². The molecule has 0 bridgehead atoms. The second-order valence-electron chi connectivity index (χ2n) is 2.69. The van der Waals surface area contributed by atoms with Crippen molar-refractivity contribution in [2.45, 2.75) is 12.9 Å². The Morgan fingerprint density at radius 2 is 2.19 bits per heavy atom. The van der Waals surface area contributed by atoms with Crippen molar-refractivity contribution in [3.63, 3.8) is 0 Å². The zero-order chi connectivity index (χ0) is 12.3. The number of ether oxygens (including phenoxy) is 1. The second kappa shape index (κ2) is 4.95. The molecule has 0 radical (unpaired) electrons. The van der Waals surface area contributed by atoms with Crippen LogP contribution in [0.25, 0.3) is 0 Å². The number of nitrogens with zero attached hydrogens (tertiary/aromatic N) is 1. The molecule has 0 aliphatic carbocycles. The summed E-state index contributed by atoms with van der Waals surface area (Å²) in [7, 11) is 0. The number of halogens is 4. The van der Waals surface area contributed by atoms with Crippen molar-refractivity contribution in [1.29, 1.82) is 0 Å². The molecule has 0 aliphatic heterocycles. The topological polar surface area (TPSA) is 65.2 Å². The summed E-state index contributed by atoms with van der Waals surface area (Å²) in [5.74, 6) is -0.683. The maximum Gasteiger partial charge on any atom is 0.574 e. The van der Waals surface area contributed by atoms with Crippen molar-refractivity contribution in [2.24, 2.45) is 5.73 Å². The molecule has 0 fully saturated rings. The number of hydrogen-bond acceptors (Lipinski definition) is 4. The molecule has 0 aliphatic rings. The summed E-state index contributed by atoms with van der Waals surface area (Å²) >= 11 is 1.78. The number of rotatable bonds is 3. The maximum absolute atomic E-state index is 12.0. The normalized spacial score (nSPS) is 11.3. The molecule has 0 amide bonds.